The second-order valence-corrected chi connectivity index (χ2v) is 5.52. The molecule has 1 aromatic rings. The number of carbonyl (C=O) groups excluding carboxylic acids is 3. The van der Waals surface area contributed by atoms with Crippen molar-refractivity contribution in [3.8, 4) is 5.75 Å². The number of benzene rings is 1. The van der Waals surface area contributed by atoms with Crippen LogP contribution in [0.25, 0.3) is 0 Å². The molecule has 21 heavy (non-hydrogen) atoms. The van der Waals surface area contributed by atoms with Crippen molar-refractivity contribution in [1.82, 2.24) is 10.6 Å². The van der Waals surface area contributed by atoms with Crippen molar-refractivity contribution >= 4 is 18.1 Å². The summed E-state index contributed by atoms with van der Waals surface area (Å²) in [5.41, 5.74) is 0.0251. The molecule has 0 spiro atoms. The highest BCUT2D eigenvalue weighted by atomic mass is 16.5. The molecule has 0 aromatic heterocycles. The fraction of sp³-hybridized carbons (Fsp3) is 0.400. The smallest absolute Gasteiger partial charge is 0.258 e. The number of ether oxygens (including phenoxy) is 1. The molecular formula is C15H20N2O4. The number of hydrogen-bond donors (Lipinski definition) is 2. The first kappa shape index (κ1) is 16.7. The van der Waals surface area contributed by atoms with E-state index in [1.54, 1.807) is 24.3 Å². The summed E-state index contributed by atoms with van der Waals surface area (Å²) in [6.45, 7) is 5.19. The summed E-state index contributed by atoms with van der Waals surface area (Å²) in [5, 5.41) is 5.17. The molecule has 0 unspecified atom stereocenters. The van der Waals surface area contributed by atoms with Gasteiger partial charge in [-0.25, -0.2) is 0 Å². The molecule has 0 heterocycles. The van der Waals surface area contributed by atoms with Crippen LogP contribution in [-0.4, -0.2) is 36.8 Å². The number of carbonyl (C=O) groups is 3. The zero-order valence-corrected chi connectivity index (χ0v) is 12.4. The molecule has 6 nitrogen and oxygen atoms in total. The lowest BCUT2D eigenvalue weighted by molar-refractivity contribution is -0.127. The molecule has 0 saturated heterocycles. The van der Waals surface area contributed by atoms with Crippen LogP contribution in [-0.2, 0) is 9.59 Å². The highest BCUT2D eigenvalue weighted by molar-refractivity contribution is 5.86. The SMILES string of the molecule is CC(C)(C)NC(=O)CNC(=O)COc1ccccc1C=O. The van der Waals surface area contributed by atoms with E-state index < -0.39 is 5.91 Å². The number of amides is 2. The summed E-state index contributed by atoms with van der Waals surface area (Å²) in [5.74, 6) is -0.370. The highest BCUT2D eigenvalue weighted by Gasteiger charge is 2.14. The zero-order chi connectivity index (χ0) is 15.9. The van der Waals surface area contributed by atoms with Crippen molar-refractivity contribution in [3.05, 3.63) is 29.8 Å². The van der Waals surface area contributed by atoms with E-state index in [0.717, 1.165) is 0 Å². The average molecular weight is 292 g/mol. The Bertz CT molecular complexity index is 521. The van der Waals surface area contributed by atoms with Gasteiger partial charge in [0.25, 0.3) is 5.91 Å². The topological polar surface area (TPSA) is 84.5 Å². The lowest BCUT2D eigenvalue weighted by atomic mass is 10.1. The van der Waals surface area contributed by atoms with Gasteiger partial charge < -0.3 is 15.4 Å². The lowest BCUT2D eigenvalue weighted by Gasteiger charge is -2.20. The summed E-state index contributed by atoms with van der Waals surface area (Å²) in [6, 6.07) is 6.60. The van der Waals surface area contributed by atoms with Crippen molar-refractivity contribution in [3.63, 3.8) is 0 Å². The Morgan fingerprint density at radius 2 is 1.86 bits per heavy atom. The van der Waals surface area contributed by atoms with Gasteiger partial charge in [-0.1, -0.05) is 12.1 Å². The Hall–Kier alpha value is -2.37. The van der Waals surface area contributed by atoms with Gasteiger partial charge in [-0.05, 0) is 32.9 Å². The first-order valence-electron chi connectivity index (χ1n) is 6.56. The Morgan fingerprint density at radius 1 is 1.19 bits per heavy atom. The van der Waals surface area contributed by atoms with Crippen molar-refractivity contribution in [1.29, 1.82) is 0 Å². The van der Waals surface area contributed by atoms with E-state index in [1.165, 1.54) is 0 Å². The Kier molecular flexibility index (Phi) is 5.90. The van der Waals surface area contributed by atoms with Gasteiger partial charge in [0.15, 0.2) is 12.9 Å². The molecule has 1 aromatic carbocycles. The minimum Gasteiger partial charge on any atom is -0.483 e. The molecule has 0 atom stereocenters. The molecule has 2 amide bonds. The third-order valence-corrected chi connectivity index (χ3v) is 2.37. The van der Waals surface area contributed by atoms with Gasteiger partial charge >= 0.3 is 0 Å². The molecule has 0 saturated carbocycles. The van der Waals surface area contributed by atoms with Gasteiger partial charge in [-0.15, -0.1) is 0 Å². The maximum Gasteiger partial charge on any atom is 0.258 e. The minimum atomic E-state index is -0.431. The predicted molar refractivity (Wildman–Crippen MR) is 78.2 cm³/mol. The number of hydrogen-bond acceptors (Lipinski definition) is 4. The van der Waals surface area contributed by atoms with Crippen LogP contribution in [0.3, 0.4) is 0 Å². The van der Waals surface area contributed by atoms with Crippen LogP contribution < -0.4 is 15.4 Å². The van der Waals surface area contributed by atoms with Gasteiger partial charge in [-0.2, -0.15) is 0 Å². The number of rotatable bonds is 6. The molecule has 0 bridgehead atoms. The van der Waals surface area contributed by atoms with Crippen LogP contribution >= 0.6 is 0 Å². The van der Waals surface area contributed by atoms with Crippen LogP contribution in [0, 0.1) is 0 Å². The van der Waals surface area contributed by atoms with E-state index in [-0.39, 0.29) is 24.6 Å². The summed E-state index contributed by atoms with van der Waals surface area (Å²) in [4.78, 5) is 33.9. The average Bonchev–Trinajstić information content (AvgIpc) is 2.41. The van der Waals surface area contributed by atoms with Crippen LogP contribution in [0.15, 0.2) is 24.3 Å². The van der Waals surface area contributed by atoms with E-state index in [2.05, 4.69) is 10.6 Å². The standard InChI is InChI=1S/C15H20N2O4/c1-15(2,3)17-13(19)8-16-14(20)10-21-12-7-5-4-6-11(12)9-18/h4-7,9H,8,10H2,1-3H3,(H,16,20)(H,17,19). The zero-order valence-electron chi connectivity index (χ0n) is 12.4. The molecule has 0 aliphatic carbocycles. The van der Waals surface area contributed by atoms with Crippen LogP contribution in [0.2, 0.25) is 0 Å². The van der Waals surface area contributed by atoms with Gasteiger partial charge in [0, 0.05) is 5.54 Å². The molecule has 1 rings (SSSR count). The number of aldehydes is 1. The van der Waals surface area contributed by atoms with Gasteiger partial charge in [0.2, 0.25) is 5.91 Å². The van der Waals surface area contributed by atoms with Gasteiger partial charge in [0.1, 0.15) is 5.75 Å². The van der Waals surface area contributed by atoms with Crippen LogP contribution in [0.4, 0.5) is 0 Å². The maximum absolute atomic E-state index is 11.6. The second-order valence-electron chi connectivity index (χ2n) is 5.52. The summed E-state index contributed by atoms with van der Waals surface area (Å²) < 4.78 is 5.25. The van der Waals surface area contributed by atoms with Crippen molar-refractivity contribution in [2.45, 2.75) is 26.3 Å². The Morgan fingerprint density at radius 3 is 2.48 bits per heavy atom. The molecule has 6 heteroatoms. The molecular weight excluding hydrogens is 272 g/mol. The fourth-order valence-electron chi connectivity index (χ4n) is 1.54. The highest BCUT2D eigenvalue weighted by Crippen LogP contribution is 2.15. The quantitative estimate of drug-likeness (QED) is 0.763. The summed E-state index contributed by atoms with van der Waals surface area (Å²) in [7, 11) is 0. The molecule has 0 aliphatic heterocycles. The molecule has 2 N–H and O–H groups in total. The van der Waals surface area contributed by atoms with E-state index in [4.69, 9.17) is 4.74 Å². The fourth-order valence-corrected chi connectivity index (χ4v) is 1.54. The third-order valence-electron chi connectivity index (χ3n) is 2.37. The van der Waals surface area contributed by atoms with E-state index in [9.17, 15) is 14.4 Å². The van der Waals surface area contributed by atoms with Crippen molar-refractivity contribution < 1.29 is 19.1 Å². The van der Waals surface area contributed by atoms with Gasteiger partial charge in [0.05, 0.1) is 12.1 Å². The number of nitrogens with one attached hydrogen (secondary N) is 2. The van der Waals surface area contributed by atoms with Crippen LogP contribution in [0.1, 0.15) is 31.1 Å². The normalized spacial score (nSPS) is 10.6. The van der Waals surface area contributed by atoms with E-state index in [1.807, 2.05) is 20.8 Å². The largest absolute Gasteiger partial charge is 0.483 e. The third kappa shape index (κ3) is 6.56. The lowest BCUT2D eigenvalue weighted by Crippen LogP contribution is -2.46. The summed E-state index contributed by atoms with van der Waals surface area (Å²) >= 11 is 0. The number of para-hydroxylation sites is 1. The first-order valence-corrected chi connectivity index (χ1v) is 6.56. The van der Waals surface area contributed by atoms with E-state index >= 15 is 0 Å². The first-order chi connectivity index (χ1) is 9.81. The predicted octanol–water partition coefficient (Wildman–Crippen LogP) is 0.909. The Labute approximate surface area is 123 Å². The molecule has 0 fully saturated rings. The van der Waals surface area contributed by atoms with Crippen molar-refractivity contribution in [2.75, 3.05) is 13.2 Å². The van der Waals surface area contributed by atoms with Crippen LogP contribution in [0.5, 0.6) is 5.75 Å². The molecule has 0 aliphatic rings. The van der Waals surface area contributed by atoms with E-state index in [0.29, 0.717) is 17.6 Å². The Balaban J connectivity index is 2.38. The molecule has 114 valence electrons. The second kappa shape index (κ2) is 7.42. The monoisotopic (exact) mass is 292 g/mol. The minimum absolute atomic E-state index is 0.116. The summed E-state index contributed by atoms with van der Waals surface area (Å²) in [6.07, 6.45) is 0.657. The maximum atomic E-state index is 11.6. The molecule has 0 radical (unpaired) electrons. The van der Waals surface area contributed by atoms with Crippen molar-refractivity contribution in [2.24, 2.45) is 0 Å². The van der Waals surface area contributed by atoms with Gasteiger partial charge in [-0.3, -0.25) is 14.4 Å².